The number of carbonyl (C=O) groups excluding carboxylic acids is 3. The predicted octanol–water partition coefficient (Wildman–Crippen LogP) is 3.24. The standard InChI is InChI=1S/C29H36N4O4/c1-2-33-26(34)25(14-9-18-30-28(36)37-22-24-12-7-4-8-13-24)31-27(35)29(33)16-20-32(21-17-29)19-15-23-10-5-3-6-11-23/h2-8,10-13,25H,1,9,14-22H2,(H,30,36)(H,31,35)/t25-/m0/s1. The largest absolute Gasteiger partial charge is 0.445 e. The van der Waals surface area contributed by atoms with Crippen molar-refractivity contribution in [3.63, 3.8) is 0 Å². The average molecular weight is 505 g/mol. The second kappa shape index (κ2) is 12.5. The van der Waals surface area contributed by atoms with Crippen molar-refractivity contribution in [3.05, 3.63) is 84.6 Å². The van der Waals surface area contributed by atoms with E-state index in [4.69, 9.17) is 4.74 Å². The lowest BCUT2D eigenvalue weighted by molar-refractivity contribution is -0.156. The fourth-order valence-corrected chi connectivity index (χ4v) is 5.12. The highest BCUT2D eigenvalue weighted by molar-refractivity contribution is 6.00. The SMILES string of the molecule is C=CN1C(=O)[C@H](CCCNC(=O)OCc2ccccc2)NC(=O)C12CCN(CCc1ccccc1)CC2. The molecular weight excluding hydrogens is 468 g/mol. The average Bonchev–Trinajstić information content (AvgIpc) is 2.93. The number of piperidine rings is 1. The Morgan fingerprint density at radius 1 is 1.05 bits per heavy atom. The summed E-state index contributed by atoms with van der Waals surface area (Å²) in [6.45, 7) is 6.82. The predicted molar refractivity (Wildman–Crippen MR) is 141 cm³/mol. The van der Waals surface area contributed by atoms with Crippen molar-refractivity contribution in [3.8, 4) is 0 Å². The first-order valence-electron chi connectivity index (χ1n) is 13.0. The third-order valence-corrected chi connectivity index (χ3v) is 7.30. The molecule has 196 valence electrons. The number of amides is 3. The van der Waals surface area contributed by atoms with Crippen molar-refractivity contribution in [1.29, 1.82) is 0 Å². The Bertz CT molecular complexity index is 1070. The Morgan fingerprint density at radius 3 is 2.35 bits per heavy atom. The molecule has 2 aromatic rings. The Hall–Kier alpha value is -3.65. The third-order valence-electron chi connectivity index (χ3n) is 7.30. The number of hydrogen-bond donors (Lipinski definition) is 2. The van der Waals surface area contributed by atoms with Gasteiger partial charge < -0.3 is 25.2 Å². The molecule has 2 fully saturated rings. The molecule has 3 amide bonds. The molecule has 1 spiro atoms. The number of ether oxygens (including phenoxy) is 1. The van der Waals surface area contributed by atoms with Crippen molar-refractivity contribution < 1.29 is 19.1 Å². The van der Waals surface area contributed by atoms with Gasteiger partial charge in [0.15, 0.2) is 0 Å². The molecule has 2 N–H and O–H groups in total. The minimum atomic E-state index is -0.877. The van der Waals surface area contributed by atoms with Gasteiger partial charge in [0.25, 0.3) is 0 Å². The topological polar surface area (TPSA) is 91.0 Å². The number of nitrogens with one attached hydrogen (secondary N) is 2. The monoisotopic (exact) mass is 504 g/mol. The van der Waals surface area contributed by atoms with Crippen molar-refractivity contribution >= 4 is 17.9 Å². The molecule has 37 heavy (non-hydrogen) atoms. The normalized spacial score (nSPS) is 19.4. The van der Waals surface area contributed by atoms with E-state index in [2.05, 4.69) is 34.2 Å². The Morgan fingerprint density at radius 2 is 1.70 bits per heavy atom. The Balaban J connectivity index is 1.22. The number of likely N-dealkylation sites (tertiary alicyclic amines) is 1. The summed E-state index contributed by atoms with van der Waals surface area (Å²) in [6, 6.07) is 19.2. The molecular formula is C29H36N4O4. The van der Waals surface area contributed by atoms with Gasteiger partial charge in [-0.25, -0.2) is 4.79 Å². The highest BCUT2D eigenvalue weighted by Crippen LogP contribution is 2.33. The first kappa shape index (κ1) is 26.4. The molecule has 2 aromatic carbocycles. The number of rotatable bonds is 10. The maximum absolute atomic E-state index is 13.3. The van der Waals surface area contributed by atoms with E-state index in [0.717, 1.165) is 31.6 Å². The van der Waals surface area contributed by atoms with Crippen LogP contribution in [0.15, 0.2) is 73.4 Å². The summed E-state index contributed by atoms with van der Waals surface area (Å²) in [5.41, 5.74) is 1.33. The lowest BCUT2D eigenvalue weighted by atomic mass is 9.81. The van der Waals surface area contributed by atoms with Gasteiger partial charge in [-0.3, -0.25) is 9.59 Å². The van der Waals surface area contributed by atoms with Crippen LogP contribution in [-0.4, -0.2) is 65.5 Å². The highest BCUT2D eigenvalue weighted by Gasteiger charge is 2.52. The van der Waals surface area contributed by atoms with Crippen LogP contribution in [0.4, 0.5) is 4.79 Å². The van der Waals surface area contributed by atoms with Crippen LogP contribution in [0.3, 0.4) is 0 Å². The molecule has 1 atom stereocenters. The Labute approximate surface area is 218 Å². The summed E-state index contributed by atoms with van der Waals surface area (Å²) in [6.07, 6.45) is 4.07. The summed E-state index contributed by atoms with van der Waals surface area (Å²) in [5.74, 6) is -0.256. The van der Waals surface area contributed by atoms with Crippen molar-refractivity contribution in [2.24, 2.45) is 0 Å². The van der Waals surface area contributed by atoms with Gasteiger partial charge in [0.05, 0.1) is 0 Å². The molecule has 2 heterocycles. The number of carbonyl (C=O) groups is 3. The number of hydrogen-bond acceptors (Lipinski definition) is 5. The van der Waals surface area contributed by atoms with E-state index in [9.17, 15) is 14.4 Å². The zero-order chi connectivity index (χ0) is 26.1. The molecule has 8 nitrogen and oxygen atoms in total. The summed E-state index contributed by atoms with van der Waals surface area (Å²) < 4.78 is 5.21. The van der Waals surface area contributed by atoms with Gasteiger partial charge in [0.1, 0.15) is 18.2 Å². The lowest BCUT2D eigenvalue weighted by Crippen LogP contribution is -2.71. The first-order chi connectivity index (χ1) is 18.0. The van der Waals surface area contributed by atoms with Crippen LogP contribution in [0.5, 0.6) is 0 Å². The number of nitrogens with zero attached hydrogens (tertiary/aromatic N) is 2. The summed E-state index contributed by atoms with van der Waals surface area (Å²) in [7, 11) is 0. The van der Waals surface area contributed by atoms with Gasteiger partial charge in [-0.05, 0) is 43.2 Å². The van der Waals surface area contributed by atoms with Gasteiger partial charge in [0, 0.05) is 32.4 Å². The van der Waals surface area contributed by atoms with E-state index in [-0.39, 0.29) is 18.4 Å². The van der Waals surface area contributed by atoms with Crippen LogP contribution in [0.1, 0.15) is 36.8 Å². The number of piperazine rings is 1. The van der Waals surface area contributed by atoms with E-state index >= 15 is 0 Å². The summed E-state index contributed by atoms with van der Waals surface area (Å²) in [5, 5.41) is 5.66. The Kier molecular flexibility index (Phi) is 8.95. The molecule has 0 aliphatic carbocycles. The van der Waals surface area contributed by atoms with Crippen molar-refractivity contribution in [1.82, 2.24) is 20.4 Å². The van der Waals surface area contributed by atoms with Crippen LogP contribution in [0.25, 0.3) is 0 Å². The van der Waals surface area contributed by atoms with Gasteiger partial charge >= 0.3 is 6.09 Å². The van der Waals surface area contributed by atoms with Crippen molar-refractivity contribution in [2.45, 2.75) is 50.3 Å². The first-order valence-corrected chi connectivity index (χ1v) is 13.0. The van der Waals surface area contributed by atoms with Crippen LogP contribution in [0.2, 0.25) is 0 Å². The summed E-state index contributed by atoms with van der Waals surface area (Å²) >= 11 is 0. The third kappa shape index (κ3) is 6.57. The second-order valence-electron chi connectivity index (χ2n) is 9.66. The van der Waals surface area contributed by atoms with E-state index in [1.165, 1.54) is 11.8 Å². The second-order valence-corrected chi connectivity index (χ2v) is 9.66. The van der Waals surface area contributed by atoms with Crippen LogP contribution < -0.4 is 10.6 Å². The maximum Gasteiger partial charge on any atom is 0.407 e. The van der Waals surface area contributed by atoms with Crippen molar-refractivity contribution in [2.75, 3.05) is 26.2 Å². The molecule has 0 radical (unpaired) electrons. The smallest absolute Gasteiger partial charge is 0.407 e. The summed E-state index contributed by atoms with van der Waals surface area (Å²) in [4.78, 5) is 42.4. The van der Waals surface area contributed by atoms with E-state index in [0.29, 0.717) is 32.2 Å². The zero-order valence-corrected chi connectivity index (χ0v) is 21.2. The molecule has 2 aliphatic rings. The maximum atomic E-state index is 13.3. The van der Waals surface area contributed by atoms with E-state index in [1.54, 1.807) is 4.90 Å². The quantitative estimate of drug-likeness (QED) is 0.485. The zero-order valence-electron chi connectivity index (χ0n) is 21.2. The van der Waals surface area contributed by atoms with Crippen LogP contribution in [-0.2, 0) is 27.4 Å². The van der Waals surface area contributed by atoms with Crippen LogP contribution in [0, 0.1) is 0 Å². The van der Waals surface area contributed by atoms with Gasteiger partial charge in [-0.15, -0.1) is 0 Å². The van der Waals surface area contributed by atoms with Gasteiger partial charge in [-0.2, -0.15) is 0 Å². The van der Waals surface area contributed by atoms with Crippen LogP contribution >= 0.6 is 0 Å². The lowest BCUT2D eigenvalue weighted by Gasteiger charge is -2.50. The fourth-order valence-electron chi connectivity index (χ4n) is 5.12. The minimum Gasteiger partial charge on any atom is -0.445 e. The van der Waals surface area contributed by atoms with Gasteiger partial charge in [-0.1, -0.05) is 67.2 Å². The molecule has 0 bridgehead atoms. The molecule has 0 saturated carbocycles. The number of alkyl carbamates (subject to hydrolysis) is 1. The molecule has 2 saturated heterocycles. The number of benzene rings is 2. The molecule has 2 aliphatic heterocycles. The molecule has 4 rings (SSSR count). The molecule has 8 heteroatoms. The molecule has 0 aromatic heterocycles. The minimum absolute atomic E-state index is 0.116. The highest BCUT2D eigenvalue weighted by atomic mass is 16.5. The molecule has 0 unspecified atom stereocenters. The van der Waals surface area contributed by atoms with E-state index in [1.807, 2.05) is 48.5 Å². The fraction of sp³-hybridized carbons (Fsp3) is 0.414. The van der Waals surface area contributed by atoms with Gasteiger partial charge in [0.2, 0.25) is 11.8 Å². The van der Waals surface area contributed by atoms with E-state index < -0.39 is 17.7 Å².